The number of nitriles is 1. The number of anilines is 2. The molecule has 0 aliphatic carbocycles. The molecule has 6 heterocycles. The number of aromatic nitrogens is 4. The van der Waals surface area contributed by atoms with Crippen molar-refractivity contribution in [3.05, 3.63) is 120 Å². The number of halogens is 1. The van der Waals surface area contributed by atoms with Crippen LogP contribution in [0.3, 0.4) is 0 Å². The maximum absolute atomic E-state index is 12.7. The van der Waals surface area contributed by atoms with Gasteiger partial charge in [-0.1, -0.05) is 23.7 Å². The summed E-state index contributed by atoms with van der Waals surface area (Å²) in [6.07, 6.45) is 8.11. The van der Waals surface area contributed by atoms with Crippen LogP contribution < -0.4 is 10.6 Å². The van der Waals surface area contributed by atoms with E-state index in [1.165, 1.54) is 6.92 Å². The van der Waals surface area contributed by atoms with E-state index in [2.05, 4.69) is 30.6 Å². The Morgan fingerprint density at radius 2 is 1.11 bits per heavy atom. The third-order valence-electron chi connectivity index (χ3n) is 10.4. The van der Waals surface area contributed by atoms with Crippen LogP contribution in [0.15, 0.2) is 73.3 Å². The fraction of sp³-hybridized carbons (Fsp3) is 0.372. The first-order valence-electron chi connectivity index (χ1n) is 19.2. The Hall–Kier alpha value is -6.54. The molecule has 2 saturated heterocycles. The number of carbonyl (C=O) groups is 4. The summed E-state index contributed by atoms with van der Waals surface area (Å²) in [4.78, 5) is 72.3. The van der Waals surface area contributed by atoms with Crippen LogP contribution >= 0.6 is 11.6 Å². The van der Waals surface area contributed by atoms with Crippen molar-refractivity contribution in [2.24, 2.45) is 0 Å². The summed E-state index contributed by atoms with van der Waals surface area (Å²) in [7, 11) is 3.55. The zero-order valence-corrected chi connectivity index (χ0v) is 39.3. The molecule has 4 atom stereocenters. The van der Waals surface area contributed by atoms with Crippen LogP contribution in [-0.4, -0.2) is 116 Å². The average Bonchev–Trinajstić information content (AvgIpc) is 3.99. The number of nitrogens with zero attached hydrogens (tertiary/aromatic N) is 11. The Kier molecular flexibility index (Phi) is 21.0. The summed E-state index contributed by atoms with van der Waals surface area (Å²) in [5.74, 6) is 1.21. The number of likely N-dealkylation sites (N-methyl/N-ethyl adjacent to an activating group) is 2. The van der Waals surface area contributed by atoms with Gasteiger partial charge in [-0.3, -0.25) is 19.2 Å². The van der Waals surface area contributed by atoms with Crippen molar-refractivity contribution in [2.75, 3.05) is 50.9 Å². The quantitative estimate of drug-likeness (QED) is 0.116. The summed E-state index contributed by atoms with van der Waals surface area (Å²) in [5.41, 5.74) is 3.36. The molecule has 4 aromatic heterocycles. The standard InChI is InChI=1S/C21H24N6O2.C20H24ClN5O2.2CN.Zn/c1-14(16-4-6-18(10-22)23-11-16)25-20-7-5-17(12-24-20)21(29)27-9-8-19(13-27)26(3)15(2)28;1-13(15-4-6-18(21)22-10-15)24-19-7-5-16(11-23-19)20(28)26-9-8-17(12-26)25(3)14(2)27;2*1-2;/h4-7,11-12,14,19H,8-9,13H2,1-3H3,(H,24,25);4-7,10-11,13,17H,8-9,12H2,1-3H3,(H,23,24);;;/q;;2*-1;+2/t14-,19-;13-,17-;;;/m00.../s1. The zero-order chi connectivity index (χ0) is 45.2. The van der Waals surface area contributed by atoms with Gasteiger partial charge in [0.05, 0.1) is 35.3 Å². The topological polar surface area (TPSA) is 228 Å². The molecule has 2 aliphatic heterocycles. The molecule has 2 fully saturated rings. The summed E-state index contributed by atoms with van der Waals surface area (Å²) in [5, 5.41) is 28.3. The van der Waals surface area contributed by atoms with Gasteiger partial charge in [0.25, 0.3) is 11.8 Å². The van der Waals surface area contributed by atoms with Gasteiger partial charge in [0.1, 0.15) is 28.6 Å². The largest absolute Gasteiger partial charge is 2.00 e. The van der Waals surface area contributed by atoms with Crippen LogP contribution in [0, 0.1) is 35.0 Å². The van der Waals surface area contributed by atoms with Gasteiger partial charge in [-0.25, -0.2) is 19.9 Å². The molecule has 17 nitrogen and oxygen atoms in total. The van der Waals surface area contributed by atoms with Crippen LogP contribution in [0.1, 0.15) is 90.2 Å². The van der Waals surface area contributed by atoms with Crippen LogP contribution in [0.2, 0.25) is 5.15 Å². The minimum absolute atomic E-state index is 0. The summed E-state index contributed by atoms with van der Waals surface area (Å²) in [6, 6.07) is 16.4. The van der Waals surface area contributed by atoms with Gasteiger partial charge >= 0.3 is 19.5 Å². The van der Waals surface area contributed by atoms with Crippen molar-refractivity contribution >= 4 is 46.9 Å². The Balaban J connectivity index is 0.000000390. The second-order valence-electron chi connectivity index (χ2n) is 14.2. The van der Waals surface area contributed by atoms with Gasteiger partial charge in [-0.05, 0) is 74.2 Å². The average molecular weight is 912 g/mol. The number of hydrogen-bond acceptors (Lipinski definition) is 13. The number of carbonyl (C=O) groups excluding carboxylic acids is 4. The molecule has 0 radical (unpaired) electrons. The monoisotopic (exact) mass is 909 g/mol. The molecule has 0 saturated carbocycles. The molecule has 4 aromatic rings. The first-order valence-corrected chi connectivity index (χ1v) is 19.5. The number of hydrogen-bond donors (Lipinski definition) is 2. The van der Waals surface area contributed by atoms with Crippen molar-refractivity contribution in [1.29, 1.82) is 15.8 Å². The summed E-state index contributed by atoms with van der Waals surface area (Å²) >= 11 is 5.82. The molecule has 2 aliphatic rings. The first-order chi connectivity index (χ1) is 29.2. The summed E-state index contributed by atoms with van der Waals surface area (Å²) in [6.45, 7) is 18.9. The fourth-order valence-electron chi connectivity index (χ4n) is 6.56. The first kappa shape index (κ1) is 51.6. The van der Waals surface area contributed by atoms with Crippen molar-refractivity contribution in [2.45, 2.75) is 64.7 Å². The van der Waals surface area contributed by atoms with E-state index in [4.69, 9.17) is 40.5 Å². The molecule has 2 N–H and O–H groups in total. The van der Waals surface area contributed by atoms with E-state index in [9.17, 15) is 19.2 Å². The van der Waals surface area contributed by atoms with Gasteiger partial charge in [0.15, 0.2) is 0 Å². The van der Waals surface area contributed by atoms with Gasteiger partial charge in [0.2, 0.25) is 11.8 Å². The molecule has 62 heavy (non-hydrogen) atoms. The van der Waals surface area contributed by atoms with E-state index in [0.29, 0.717) is 59.8 Å². The summed E-state index contributed by atoms with van der Waals surface area (Å²) < 4.78 is 0. The second kappa shape index (κ2) is 25.3. The van der Waals surface area contributed by atoms with E-state index in [0.717, 1.165) is 24.0 Å². The van der Waals surface area contributed by atoms with Crippen molar-refractivity contribution in [1.82, 2.24) is 39.5 Å². The van der Waals surface area contributed by atoms with Gasteiger partial charge in [0, 0.05) is 78.9 Å². The smallest absolute Gasteiger partial charge is 0.512 e. The molecule has 19 heteroatoms. The maximum atomic E-state index is 12.7. The van der Waals surface area contributed by atoms with Crippen LogP contribution in [0.4, 0.5) is 11.6 Å². The van der Waals surface area contributed by atoms with Gasteiger partial charge in [-0.2, -0.15) is 5.26 Å². The molecule has 0 spiro atoms. The molecule has 0 bridgehead atoms. The molecule has 0 unspecified atom stereocenters. The number of nitrogens with one attached hydrogen (secondary N) is 2. The Bertz CT molecular complexity index is 2160. The fourth-order valence-corrected chi connectivity index (χ4v) is 6.67. The normalized spacial score (nSPS) is 15.7. The zero-order valence-electron chi connectivity index (χ0n) is 35.6. The molecular weight excluding hydrogens is 863 g/mol. The molecule has 4 amide bonds. The third kappa shape index (κ3) is 14.3. The minimum atomic E-state index is -0.0761. The molecule has 0 aromatic carbocycles. The Labute approximate surface area is 380 Å². The van der Waals surface area contributed by atoms with Crippen LogP contribution in [-0.2, 0) is 29.1 Å². The van der Waals surface area contributed by atoms with E-state index < -0.39 is 0 Å². The maximum Gasteiger partial charge on any atom is 2.00 e. The second-order valence-corrected chi connectivity index (χ2v) is 14.6. The predicted molar refractivity (Wildman–Crippen MR) is 226 cm³/mol. The van der Waals surface area contributed by atoms with Gasteiger partial charge < -0.3 is 53.9 Å². The molecule has 318 valence electrons. The van der Waals surface area contributed by atoms with Crippen molar-refractivity contribution < 1.29 is 38.7 Å². The predicted octanol–water partition coefficient (Wildman–Crippen LogP) is 5.40. The molecule has 6 rings (SSSR count). The number of likely N-dealkylation sites (tertiary alicyclic amines) is 2. The van der Waals surface area contributed by atoms with Gasteiger partial charge in [-0.15, -0.1) is 0 Å². The molecular formula is C43H48ClN13O4Zn. The van der Waals surface area contributed by atoms with E-state index in [1.807, 2.05) is 32.0 Å². The van der Waals surface area contributed by atoms with Crippen LogP contribution in [0.5, 0.6) is 0 Å². The van der Waals surface area contributed by atoms with Crippen molar-refractivity contribution in [3.63, 3.8) is 0 Å². The van der Waals surface area contributed by atoms with E-state index in [1.54, 1.807) is 102 Å². The Morgan fingerprint density at radius 3 is 1.44 bits per heavy atom. The SMILES string of the molecule is CC(=O)N(C)[C@H]1CCN(C(=O)c2ccc(N[C@@H](C)c3ccc(C#N)nc3)nc2)C1.CC(=O)N(C)[C@H]1CCN(C(=O)c2ccc(N[C@@H](C)c3ccc(Cl)nc3)nc2)C1.[C-]#N.[C-]#N.[Zn+2]. The Morgan fingerprint density at radius 1 is 0.694 bits per heavy atom. The van der Waals surface area contributed by atoms with Crippen molar-refractivity contribution in [3.8, 4) is 6.07 Å². The van der Waals surface area contributed by atoms with E-state index in [-0.39, 0.29) is 67.3 Å². The van der Waals surface area contributed by atoms with Crippen LogP contribution in [0.25, 0.3) is 0 Å². The van der Waals surface area contributed by atoms with E-state index >= 15 is 0 Å². The number of rotatable bonds is 10. The minimum Gasteiger partial charge on any atom is -0.512 e. The number of pyridine rings is 4. The number of amides is 4. The third-order valence-corrected chi connectivity index (χ3v) is 10.6.